The Hall–Kier alpha value is -1.02. The number of para-hydroxylation sites is 1. The van der Waals surface area contributed by atoms with Gasteiger partial charge >= 0.3 is 0 Å². The highest BCUT2D eigenvalue weighted by Crippen LogP contribution is 2.45. The van der Waals surface area contributed by atoms with E-state index >= 15 is 0 Å². The van der Waals surface area contributed by atoms with Gasteiger partial charge in [0.1, 0.15) is 5.75 Å². The van der Waals surface area contributed by atoms with E-state index in [9.17, 15) is 5.11 Å². The quantitative estimate of drug-likeness (QED) is 0.806. The van der Waals surface area contributed by atoms with E-state index in [0.29, 0.717) is 0 Å². The average molecular weight is 232 g/mol. The van der Waals surface area contributed by atoms with Gasteiger partial charge in [0.05, 0.1) is 12.2 Å². The summed E-state index contributed by atoms with van der Waals surface area (Å²) in [6.45, 7) is 3.03. The van der Waals surface area contributed by atoms with Crippen LogP contribution in [0.25, 0.3) is 0 Å². The molecule has 92 valence electrons. The highest BCUT2D eigenvalue weighted by molar-refractivity contribution is 5.47. The normalized spacial score (nSPS) is 32.0. The molecule has 1 N–H and O–H groups in total. The van der Waals surface area contributed by atoms with E-state index in [0.717, 1.165) is 55.9 Å². The molecule has 1 aromatic carbocycles. The van der Waals surface area contributed by atoms with Gasteiger partial charge < -0.3 is 9.84 Å². The lowest BCUT2D eigenvalue weighted by Crippen LogP contribution is -2.31. The van der Waals surface area contributed by atoms with Crippen LogP contribution in [0.4, 0.5) is 0 Å². The van der Waals surface area contributed by atoms with Crippen molar-refractivity contribution >= 4 is 0 Å². The maximum absolute atomic E-state index is 10.8. The molecule has 1 aliphatic carbocycles. The second-order valence-corrected chi connectivity index (χ2v) is 5.61. The molecule has 1 saturated carbocycles. The molecular weight excluding hydrogens is 212 g/mol. The molecule has 1 fully saturated rings. The van der Waals surface area contributed by atoms with E-state index in [4.69, 9.17) is 4.74 Å². The lowest BCUT2D eigenvalue weighted by molar-refractivity contribution is -0.0138. The molecule has 1 aliphatic heterocycles. The molecule has 1 heterocycles. The predicted molar refractivity (Wildman–Crippen MR) is 67.2 cm³/mol. The zero-order chi connectivity index (χ0) is 11.9. The van der Waals surface area contributed by atoms with Crippen LogP contribution in [0, 0.1) is 5.92 Å². The van der Waals surface area contributed by atoms with Crippen molar-refractivity contribution in [3.8, 4) is 5.75 Å². The Labute approximate surface area is 103 Å². The topological polar surface area (TPSA) is 29.5 Å². The Kier molecular flexibility index (Phi) is 2.62. The smallest absolute Gasteiger partial charge is 0.128 e. The number of ether oxygens (including phenoxy) is 1. The number of aliphatic hydroxyl groups is 1. The zero-order valence-electron chi connectivity index (χ0n) is 10.4. The maximum atomic E-state index is 10.8. The summed E-state index contributed by atoms with van der Waals surface area (Å²) in [5, 5.41) is 10.8. The predicted octanol–water partition coefficient (Wildman–Crippen LogP) is 3.02. The fourth-order valence-corrected chi connectivity index (χ4v) is 3.09. The third-order valence-electron chi connectivity index (χ3n) is 4.32. The third kappa shape index (κ3) is 1.85. The van der Waals surface area contributed by atoms with Gasteiger partial charge in [0.25, 0.3) is 0 Å². The molecule has 0 radical (unpaired) electrons. The van der Waals surface area contributed by atoms with Crippen LogP contribution in [0.1, 0.15) is 43.7 Å². The van der Waals surface area contributed by atoms with E-state index in [-0.39, 0.29) is 0 Å². The van der Waals surface area contributed by atoms with E-state index in [1.54, 1.807) is 0 Å². The summed E-state index contributed by atoms with van der Waals surface area (Å²) in [6.07, 6.45) is 4.94. The summed E-state index contributed by atoms with van der Waals surface area (Å²) in [5.41, 5.74) is 1.64. The van der Waals surface area contributed by atoms with Crippen molar-refractivity contribution in [1.29, 1.82) is 0 Å². The minimum absolute atomic E-state index is 0.651. The lowest BCUT2D eigenvalue weighted by Gasteiger charge is -2.36. The molecule has 0 amide bonds. The van der Waals surface area contributed by atoms with Crippen LogP contribution in [0.15, 0.2) is 18.2 Å². The Morgan fingerprint density at radius 3 is 2.82 bits per heavy atom. The second kappa shape index (κ2) is 4.02. The Morgan fingerprint density at radius 2 is 2.06 bits per heavy atom. The van der Waals surface area contributed by atoms with Crippen LogP contribution in [0.5, 0.6) is 5.75 Å². The summed E-state index contributed by atoms with van der Waals surface area (Å²) in [5.74, 6) is 1.71. The fraction of sp³-hybridized carbons (Fsp3) is 0.600. The van der Waals surface area contributed by atoms with Gasteiger partial charge in [-0.1, -0.05) is 25.1 Å². The highest BCUT2D eigenvalue weighted by Gasteiger charge is 2.37. The van der Waals surface area contributed by atoms with Crippen LogP contribution < -0.4 is 4.74 Å². The summed E-state index contributed by atoms with van der Waals surface area (Å²) in [6, 6.07) is 6.21. The molecule has 1 aromatic rings. The molecule has 2 heteroatoms. The number of hydrogen-bond acceptors (Lipinski definition) is 2. The van der Waals surface area contributed by atoms with Gasteiger partial charge in [0.15, 0.2) is 0 Å². The summed E-state index contributed by atoms with van der Waals surface area (Å²) < 4.78 is 5.71. The second-order valence-electron chi connectivity index (χ2n) is 5.61. The van der Waals surface area contributed by atoms with Gasteiger partial charge in [-0.3, -0.25) is 0 Å². The van der Waals surface area contributed by atoms with Crippen LogP contribution in [0.3, 0.4) is 0 Å². The maximum Gasteiger partial charge on any atom is 0.128 e. The molecule has 0 unspecified atom stereocenters. The Morgan fingerprint density at radius 1 is 1.29 bits per heavy atom. The molecule has 2 aliphatic rings. The monoisotopic (exact) mass is 232 g/mol. The number of benzene rings is 1. The van der Waals surface area contributed by atoms with Crippen molar-refractivity contribution in [2.24, 2.45) is 5.92 Å². The molecule has 17 heavy (non-hydrogen) atoms. The minimum atomic E-state index is -0.651. The first-order chi connectivity index (χ1) is 8.19. The number of rotatable bonds is 1. The van der Waals surface area contributed by atoms with Crippen LogP contribution in [0.2, 0.25) is 0 Å². The van der Waals surface area contributed by atoms with Crippen LogP contribution in [-0.2, 0) is 12.0 Å². The highest BCUT2D eigenvalue weighted by atomic mass is 16.5. The summed E-state index contributed by atoms with van der Waals surface area (Å²) in [4.78, 5) is 0. The zero-order valence-corrected chi connectivity index (χ0v) is 10.4. The lowest BCUT2D eigenvalue weighted by atomic mass is 9.75. The first-order valence-electron chi connectivity index (χ1n) is 6.66. The van der Waals surface area contributed by atoms with Crippen molar-refractivity contribution in [3.63, 3.8) is 0 Å². The molecule has 2 nitrogen and oxygen atoms in total. The Bertz CT molecular complexity index is 417. The summed E-state index contributed by atoms with van der Waals surface area (Å²) >= 11 is 0. The first kappa shape index (κ1) is 11.1. The molecule has 3 rings (SSSR count). The Balaban J connectivity index is 1.96. The van der Waals surface area contributed by atoms with Crippen LogP contribution >= 0.6 is 0 Å². The molecule has 0 saturated heterocycles. The van der Waals surface area contributed by atoms with Crippen molar-refractivity contribution in [2.45, 2.75) is 44.6 Å². The fourth-order valence-electron chi connectivity index (χ4n) is 3.09. The van der Waals surface area contributed by atoms with Crippen molar-refractivity contribution in [3.05, 3.63) is 29.3 Å². The summed E-state index contributed by atoms with van der Waals surface area (Å²) in [7, 11) is 0. The molecule has 0 atom stereocenters. The van der Waals surface area contributed by atoms with E-state index in [1.807, 2.05) is 6.07 Å². The van der Waals surface area contributed by atoms with Crippen molar-refractivity contribution < 1.29 is 9.84 Å². The minimum Gasteiger partial charge on any atom is -0.493 e. The van der Waals surface area contributed by atoms with Gasteiger partial charge in [-0.2, -0.15) is 0 Å². The van der Waals surface area contributed by atoms with Gasteiger partial charge in [0, 0.05) is 12.0 Å². The number of hydrogen-bond donors (Lipinski definition) is 1. The van der Waals surface area contributed by atoms with Gasteiger partial charge in [-0.25, -0.2) is 0 Å². The first-order valence-corrected chi connectivity index (χ1v) is 6.66. The molecule has 0 spiro atoms. The van der Waals surface area contributed by atoms with E-state index < -0.39 is 5.60 Å². The van der Waals surface area contributed by atoms with Crippen LogP contribution in [-0.4, -0.2) is 11.7 Å². The van der Waals surface area contributed by atoms with Gasteiger partial charge in [-0.05, 0) is 37.2 Å². The SMILES string of the molecule is CC1CCC(O)(c2cccc3c2OCC3)CC1. The third-order valence-corrected chi connectivity index (χ3v) is 4.32. The number of fused-ring (bicyclic) bond motifs is 1. The van der Waals surface area contributed by atoms with E-state index in [2.05, 4.69) is 19.1 Å². The standard InChI is InChI=1S/C15H20O2/c1-11-5-8-15(16,9-6-11)13-4-2-3-12-7-10-17-14(12)13/h2-4,11,16H,5-10H2,1H3. The molecule has 0 aromatic heterocycles. The largest absolute Gasteiger partial charge is 0.493 e. The van der Waals surface area contributed by atoms with E-state index in [1.165, 1.54) is 5.56 Å². The van der Waals surface area contributed by atoms with Gasteiger partial charge in [0.2, 0.25) is 0 Å². The van der Waals surface area contributed by atoms with Crippen molar-refractivity contribution in [2.75, 3.05) is 6.61 Å². The van der Waals surface area contributed by atoms with Gasteiger partial charge in [-0.15, -0.1) is 0 Å². The molecule has 0 bridgehead atoms. The molecular formula is C15H20O2. The van der Waals surface area contributed by atoms with Crippen molar-refractivity contribution in [1.82, 2.24) is 0 Å². The average Bonchev–Trinajstić information content (AvgIpc) is 2.81.